The van der Waals surface area contributed by atoms with E-state index in [1.165, 1.54) is 41.2 Å². The fourth-order valence-electron chi connectivity index (χ4n) is 3.72. The summed E-state index contributed by atoms with van der Waals surface area (Å²) in [6.45, 7) is 9.54. The van der Waals surface area contributed by atoms with Crippen molar-refractivity contribution >= 4 is 0 Å². The van der Waals surface area contributed by atoms with E-state index in [4.69, 9.17) is 0 Å². The predicted molar refractivity (Wildman–Crippen MR) is 119 cm³/mol. The molecule has 0 saturated heterocycles. The van der Waals surface area contributed by atoms with Gasteiger partial charge in [0, 0.05) is 0 Å². The Morgan fingerprint density at radius 1 is 0.444 bits per heavy atom. The van der Waals surface area contributed by atoms with E-state index in [9.17, 15) is 0 Å². The van der Waals surface area contributed by atoms with Gasteiger partial charge in [-0.1, -0.05) is 84.9 Å². The maximum Gasteiger partial charge on any atom is -0.0105 e. The van der Waals surface area contributed by atoms with E-state index < -0.39 is 16.6 Å². The van der Waals surface area contributed by atoms with Gasteiger partial charge in [0.05, 0.1) is 0 Å². The van der Waals surface area contributed by atoms with E-state index in [-0.39, 0.29) is 0 Å². The summed E-state index contributed by atoms with van der Waals surface area (Å²) in [7, 11) is 0. The Hall–Kier alpha value is -1.63. The van der Waals surface area contributed by atoms with Gasteiger partial charge in [-0.15, -0.1) is 0 Å². The van der Waals surface area contributed by atoms with Gasteiger partial charge in [0.2, 0.25) is 0 Å². The van der Waals surface area contributed by atoms with Crippen molar-refractivity contribution in [2.45, 2.75) is 46.6 Å². The van der Waals surface area contributed by atoms with Crippen molar-refractivity contribution in [3.63, 3.8) is 0 Å². The second kappa shape index (κ2) is 11.3. The standard InChI is InChI=1S/C18H14.4C2H5.Ti/c1-3-9-15(10-4-1)17-13-7-8-14-18(17)16-11-5-2-6-12-16;4*1-2;/h1-14H;4*1H2,2H3;. The zero-order valence-corrected chi connectivity index (χ0v) is 19.0. The average Bonchev–Trinajstić information content (AvgIpc) is 2.77. The van der Waals surface area contributed by atoms with Gasteiger partial charge >= 0.3 is 63.2 Å². The van der Waals surface area contributed by atoms with E-state index in [0.29, 0.717) is 0 Å². The Labute approximate surface area is 170 Å². The van der Waals surface area contributed by atoms with Crippen molar-refractivity contribution in [3.8, 4) is 22.3 Å². The minimum Gasteiger partial charge on any atom is -0.0622 e. The molecular weight excluding hydrogens is 360 g/mol. The van der Waals surface area contributed by atoms with Gasteiger partial charge in [0.15, 0.2) is 0 Å². The molecule has 0 heterocycles. The van der Waals surface area contributed by atoms with Crippen LogP contribution < -0.4 is 0 Å². The maximum atomic E-state index is 2.39. The van der Waals surface area contributed by atoms with E-state index >= 15 is 0 Å². The molecule has 0 aliphatic rings. The monoisotopic (exact) mass is 394 g/mol. The summed E-state index contributed by atoms with van der Waals surface area (Å²) in [5.41, 5.74) is 5.09. The third-order valence-corrected chi connectivity index (χ3v) is 15.5. The normalized spacial score (nSPS) is 10.8. The van der Waals surface area contributed by atoms with Crippen molar-refractivity contribution in [1.82, 2.24) is 0 Å². The molecule has 0 atom stereocenters. The number of hydrogen-bond donors (Lipinski definition) is 0. The Kier molecular flexibility index (Phi) is 9.05. The van der Waals surface area contributed by atoms with Crippen LogP contribution in [0, 0.1) is 0 Å². The fourth-order valence-corrected chi connectivity index (χ4v) is 8.41. The van der Waals surface area contributed by atoms with E-state index in [2.05, 4.69) is 113 Å². The Morgan fingerprint density at radius 3 is 1.00 bits per heavy atom. The van der Waals surface area contributed by atoms with Crippen molar-refractivity contribution in [2.24, 2.45) is 0 Å². The van der Waals surface area contributed by atoms with Gasteiger partial charge in [0.25, 0.3) is 0 Å². The molecular formula is C26H34Ti. The minimum atomic E-state index is -1.17. The summed E-state index contributed by atoms with van der Waals surface area (Å²) in [5, 5.41) is 0. The van der Waals surface area contributed by atoms with Crippen LogP contribution in [0.15, 0.2) is 84.9 Å². The van der Waals surface area contributed by atoms with Crippen molar-refractivity contribution in [2.75, 3.05) is 0 Å². The van der Waals surface area contributed by atoms with Gasteiger partial charge in [-0.2, -0.15) is 0 Å². The molecule has 3 aromatic rings. The molecule has 0 aliphatic heterocycles. The minimum absolute atomic E-state index is 1.17. The molecule has 0 fully saturated rings. The molecule has 3 rings (SSSR count). The molecule has 142 valence electrons. The summed E-state index contributed by atoms with van der Waals surface area (Å²) < 4.78 is 6.12. The largest absolute Gasteiger partial charge is 0.0622 e. The van der Waals surface area contributed by atoms with Crippen LogP contribution >= 0.6 is 0 Å². The fraction of sp³-hybridized carbons (Fsp3) is 0.308. The first-order valence-corrected chi connectivity index (χ1v) is 14.8. The topological polar surface area (TPSA) is 0 Å². The summed E-state index contributed by atoms with van der Waals surface area (Å²) in [6.07, 6.45) is 0. The molecule has 27 heavy (non-hydrogen) atoms. The first-order chi connectivity index (χ1) is 13.2. The van der Waals surface area contributed by atoms with Gasteiger partial charge in [-0.25, -0.2) is 0 Å². The van der Waals surface area contributed by atoms with Crippen molar-refractivity contribution in [1.29, 1.82) is 0 Å². The zero-order valence-electron chi connectivity index (χ0n) is 17.4. The van der Waals surface area contributed by atoms with Crippen LogP contribution in [0.5, 0.6) is 0 Å². The Bertz CT molecular complexity index is 698. The second-order valence-corrected chi connectivity index (χ2v) is 16.3. The molecule has 0 bridgehead atoms. The Morgan fingerprint density at radius 2 is 0.741 bits per heavy atom. The van der Waals surface area contributed by atoms with E-state index in [1.54, 1.807) is 0 Å². The smallest absolute Gasteiger partial charge is 0.0105 e. The van der Waals surface area contributed by atoms with Crippen LogP contribution in [0.2, 0.25) is 18.9 Å². The molecule has 0 aliphatic carbocycles. The van der Waals surface area contributed by atoms with Gasteiger partial charge in [-0.05, 0) is 22.3 Å². The van der Waals surface area contributed by atoms with Crippen LogP contribution in [0.3, 0.4) is 0 Å². The van der Waals surface area contributed by atoms with Gasteiger partial charge in [-0.3, -0.25) is 0 Å². The molecule has 0 amide bonds. The van der Waals surface area contributed by atoms with Crippen LogP contribution in [0.1, 0.15) is 27.7 Å². The van der Waals surface area contributed by atoms with Crippen LogP contribution in [-0.4, -0.2) is 0 Å². The number of benzene rings is 3. The summed E-state index contributed by atoms with van der Waals surface area (Å²) >= 11 is -1.17. The Balaban J connectivity index is 0.000000249. The van der Waals surface area contributed by atoms with Gasteiger partial charge < -0.3 is 0 Å². The molecule has 0 N–H and O–H groups in total. The van der Waals surface area contributed by atoms with Crippen molar-refractivity contribution in [3.05, 3.63) is 84.9 Å². The molecule has 0 unspecified atom stereocenters. The van der Waals surface area contributed by atoms with Gasteiger partial charge in [0.1, 0.15) is 0 Å². The molecule has 0 aromatic heterocycles. The predicted octanol–water partition coefficient (Wildman–Crippen LogP) is 8.91. The SMILES string of the molecule is C[CH2][Ti]([CH2]C)([CH2]C)[CH2]C.c1ccc(-c2ccccc2-c2ccccc2)cc1. The van der Waals surface area contributed by atoms with E-state index in [1.807, 2.05) is 0 Å². The summed E-state index contributed by atoms with van der Waals surface area (Å²) in [6, 6.07) is 29.6. The number of rotatable bonds is 6. The third-order valence-electron chi connectivity index (χ3n) is 6.10. The molecule has 1 heteroatoms. The van der Waals surface area contributed by atoms with Crippen LogP contribution in [0.25, 0.3) is 22.3 Å². The molecule has 0 radical (unpaired) electrons. The quantitative estimate of drug-likeness (QED) is 0.366. The third kappa shape index (κ3) is 5.93. The summed E-state index contributed by atoms with van der Waals surface area (Å²) in [5.74, 6) is 0. The molecule has 0 spiro atoms. The van der Waals surface area contributed by atoms with E-state index in [0.717, 1.165) is 0 Å². The van der Waals surface area contributed by atoms with Crippen LogP contribution in [-0.2, 0) is 16.6 Å². The first-order valence-electron chi connectivity index (χ1n) is 10.4. The maximum absolute atomic E-state index is 2.39. The molecule has 0 saturated carbocycles. The average molecular weight is 394 g/mol. The first kappa shape index (κ1) is 21.7. The molecule has 0 nitrogen and oxygen atoms in total. The molecule has 3 aromatic carbocycles. The van der Waals surface area contributed by atoms with Crippen LogP contribution in [0.4, 0.5) is 0 Å². The van der Waals surface area contributed by atoms with Crippen molar-refractivity contribution < 1.29 is 16.6 Å². The summed E-state index contributed by atoms with van der Waals surface area (Å²) in [4.78, 5) is 0. The number of hydrogen-bond acceptors (Lipinski definition) is 0. The zero-order chi connectivity index (χ0) is 19.5. The second-order valence-electron chi connectivity index (χ2n) is 7.19.